The molecular weight excluding hydrogens is 350 g/mol. The van der Waals surface area contributed by atoms with Crippen LogP contribution in [-0.4, -0.2) is 33.5 Å². The Hall–Kier alpha value is -2.34. The van der Waals surface area contributed by atoms with E-state index in [1.54, 1.807) is 31.4 Å². The summed E-state index contributed by atoms with van der Waals surface area (Å²) in [5.74, 6) is 1.81. The van der Waals surface area contributed by atoms with E-state index in [0.717, 1.165) is 37.1 Å². The Kier molecular flexibility index (Phi) is 5.61. The van der Waals surface area contributed by atoms with Gasteiger partial charge in [-0.2, -0.15) is 0 Å². The Labute approximate surface area is 154 Å². The number of sulfone groups is 1. The van der Waals surface area contributed by atoms with Crippen LogP contribution in [0.1, 0.15) is 25.3 Å². The van der Waals surface area contributed by atoms with Gasteiger partial charge < -0.3 is 9.47 Å². The summed E-state index contributed by atoms with van der Waals surface area (Å²) >= 11 is 0. The summed E-state index contributed by atoms with van der Waals surface area (Å²) in [5.41, 5.74) is 1.93. The number of nitrogens with zero attached hydrogens (tertiary/aromatic N) is 1. The number of benzene rings is 2. The molecule has 2 aromatic carbocycles. The first-order chi connectivity index (χ1) is 12.5. The predicted molar refractivity (Wildman–Crippen MR) is 102 cm³/mol. The summed E-state index contributed by atoms with van der Waals surface area (Å²) in [6.45, 7) is 2.81. The number of aliphatic imine (C=N–C) groups is 1. The first kappa shape index (κ1) is 18.5. The molecule has 5 nitrogen and oxygen atoms in total. The Morgan fingerprint density at radius 3 is 2.46 bits per heavy atom. The Morgan fingerprint density at radius 1 is 1.08 bits per heavy atom. The maximum Gasteiger partial charge on any atom is 0.183 e. The van der Waals surface area contributed by atoms with E-state index in [2.05, 4.69) is 11.9 Å². The minimum Gasteiger partial charge on any atom is -0.493 e. The highest BCUT2D eigenvalue weighted by Gasteiger charge is 2.19. The first-order valence-electron chi connectivity index (χ1n) is 8.71. The van der Waals surface area contributed by atoms with Crippen molar-refractivity contribution in [2.75, 3.05) is 19.4 Å². The third-order valence-electron chi connectivity index (χ3n) is 4.36. The van der Waals surface area contributed by atoms with Gasteiger partial charge in [0, 0.05) is 12.3 Å². The lowest BCUT2D eigenvalue weighted by Gasteiger charge is -2.12. The van der Waals surface area contributed by atoms with Crippen LogP contribution in [0.2, 0.25) is 0 Å². The summed E-state index contributed by atoms with van der Waals surface area (Å²) in [4.78, 5) is 4.54. The molecule has 0 N–H and O–H groups in total. The van der Waals surface area contributed by atoms with Gasteiger partial charge in [0.15, 0.2) is 21.3 Å². The van der Waals surface area contributed by atoms with Gasteiger partial charge in [0.2, 0.25) is 0 Å². The summed E-state index contributed by atoms with van der Waals surface area (Å²) in [7, 11) is -1.77. The SMILES string of the molecule is CCc1ccc(Oc2ccc(S(=O)(=O)CC3=NCCC3)cc2)c(OC)c1. The molecule has 6 heteroatoms. The van der Waals surface area contributed by atoms with Gasteiger partial charge in [-0.1, -0.05) is 13.0 Å². The van der Waals surface area contributed by atoms with Crippen LogP contribution in [0.5, 0.6) is 17.2 Å². The fourth-order valence-corrected chi connectivity index (χ4v) is 4.27. The van der Waals surface area contributed by atoms with Crippen molar-refractivity contribution in [2.24, 2.45) is 4.99 Å². The molecule has 3 rings (SSSR count). The topological polar surface area (TPSA) is 65.0 Å². The van der Waals surface area contributed by atoms with Gasteiger partial charge in [0.1, 0.15) is 5.75 Å². The van der Waals surface area contributed by atoms with Gasteiger partial charge in [0.05, 0.1) is 17.8 Å². The lowest BCUT2D eigenvalue weighted by Crippen LogP contribution is -2.14. The molecule has 138 valence electrons. The molecule has 0 saturated carbocycles. The largest absolute Gasteiger partial charge is 0.493 e. The number of ether oxygens (including phenoxy) is 2. The van der Waals surface area contributed by atoms with Gasteiger partial charge in [-0.25, -0.2) is 8.42 Å². The molecule has 0 atom stereocenters. The molecule has 0 fully saturated rings. The third kappa shape index (κ3) is 4.25. The Balaban J connectivity index is 1.75. The zero-order valence-corrected chi connectivity index (χ0v) is 15.9. The van der Waals surface area contributed by atoms with Crippen LogP contribution in [0.15, 0.2) is 52.4 Å². The van der Waals surface area contributed by atoms with Gasteiger partial charge in [-0.3, -0.25) is 4.99 Å². The van der Waals surface area contributed by atoms with Gasteiger partial charge in [0.25, 0.3) is 0 Å². The van der Waals surface area contributed by atoms with Gasteiger partial charge in [-0.05, 0) is 61.2 Å². The second kappa shape index (κ2) is 7.91. The molecule has 0 spiro atoms. The van der Waals surface area contributed by atoms with E-state index in [9.17, 15) is 8.42 Å². The zero-order valence-electron chi connectivity index (χ0n) is 15.1. The van der Waals surface area contributed by atoms with Gasteiger partial charge in [-0.15, -0.1) is 0 Å². The minimum absolute atomic E-state index is 0.000490. The monoisotopic (exact) mass is 373 g/mol. The van der Waals surface area contributed by atoms with Gasteiger partial charge >= 0.3 is 0 Å². The predicted octanol–water partition coefficient (Wildman–Crippen LogP) is 4.06. The molecule has 0 saturated heterocycles. The lowest BCUT2D eigenvalue weighted by atomic mass is 10.1. The Morgan fingerprint density at radius 2 is 1.85 bits per heavy atom. The van der Waals surface area contributed by atoms with E-state index in [-0.39, 0.29) is 10.6 Å². The van der Waals surface area contributed by atoms with Crippen LogP contribution in [0.4, 0.5) is 0 Å². The molecule has 0 bridgehead atoms. The van der Waals surface area contributed by atoms with Crippen LogP contribution >= 0.6 is 0 Å². The number of rotatable bonds is 7. The summed E-state index contributed by atoms with van der Waals surface area (Å²) in [6, 6.07) is 12.3. The van der Waals surface area contributed by atoms with Crippen molar-refractivity contribution >= 4 is 15.5 Å². The molecule has 0 radical (unpaired) electrons. The zero-order chi connectivity index (χ0) is 18.6. The highest BCUT2D eigenvalue weighted by molar-refractivity contribution is 7.92. The average Bonchev–Trinajstić information content (AvgIpc) is 3.14. The van der Waals surface area contributed by atoms with Crippen LogP contribution in [0.25, 0.3) is 0 Å². The Bertz CT molecular complexity index is 902. The molecule has 1 aliphatic heterocycles. The molecular formula is C20H23NO4S. The third-order valence-corrected chi connectivity index (χ3v) is 6.07. The van der Waals surface area contributed by atoms with Crippen molar-refractivity contribution in [2.45, 2.75) is 31.1 Å². The van der Waals surface area contributed by atoms with E-state index in [4.69, 9.17) is 9.47 Å². The molecule has 2 aromatic rings. The minimum atomic E-state index is -3.37. The molecule has 0 amide bonds. The van der Waals surface area contributed by atoms with Crippen LogP contribution in [0.3, 0.4) is 0 Å². The standard InChI is InChI=1S/C20H23NO4S/c1-3-15-6-11-19(20(13-15)24-2)25-17-7-9-18(10-8-17)26(22,23)14-16-5-4-12-21-16/h6-11,13H,3-5,12,14H2,1-2H3. The van der Waals surface area contributed by atoms with Crippen molar-refractivity contribution < 1.29 is 17.9 Å². The van der Waals surface area contributed by atoms with E-state index in [0.29, 0.717) is 17.2 Å². The van der Waals surface area contributed by atoms with Crippen molar-refractivity contribution in [3.8, 4) is 17.2 Å². The smallest absolute Gasteiger partial charge is 0.183 e. The van der Waals surface area contributed by atoms with E-state index < -0.39 is 9.84 Å². The molecule has 0 aliphatic carbocycles. The lowest BCUT2D eigenvalue weighted by molar-refractivity contribution is 0.378. The number of methoxy groups -OCH3 is 1. The summed E-state index contributed by atoms with van der Waals surface area (Å²) < 4.78 is 36.2. The molecule has 0 aromatic heterocycles. The fourth-order valence-electron chi connectivity index (χ4n) is 2.88. The molecule has 0 unspecified atom stereocenters. The summed E-state index contributed by atoms with van der Waals surface area (Å²) in [6.07, 6.45) is 2.62. The maximum absolute atomic E-state index is 12.5. The fraction of sp³-hybridized carbons (Fsp3) is 0.350. The highest BCUT2D eigenvalue weighted by Crippen LogP contribution is 2.33. The van der Waals surface area contributed by atoms with Crippen molar-refractivity contribution in [3.05, 3.63) is 48.0 Å². The summed E-state index contributed by atoms with van der Waals surface area (Å²) in [5, 5.41) is 0. The molecule has 26 heavy (non-hydrogen) atoms. The van der Waals surface area contributed by atoms with Crippen LogP contribution in [0, 0.1) is 0 Å². The second-order valence-corrected chi connectivity index (χ2v) is 8.21. The average molecular weight is 373 g/mol. The first-order valence-corrected chi connectivity index (χ1v) is 10.4. The molecule has 1 heterocycles. The van der Waals surface area contributed by atoms with E-state index in [1.807, 2.05) is 18.2 Å². The maximum atomic E-state index is 12.5. The quantitative estimate of drug-likeness (QED) is 0.734. The van der Waals surface area contributed by atoms with Crippen LogP contribution < -0.4 is 9.47 Å². The van der Waals surface area contributed by atoms with Crippen molar-refractivity contribution in [1.29, 1.82) is 0 Å². The van der Waals surface area contributed by atoms with Crippen molar-refractivity contribution in [1.82, 2.24) is 0 Å². The molecule has 1 aliphatic rings. The highest BCUT2D eigenvalue weighted by atomic mass is 32.2. The number of hydrogen-bond donors (Lipinski definition) is 0. The van der Waals surface area contributed by atoms with Crippen molar-refractivity contribution in [3.63, 3.8) is 0 Å². The van der Waals surface area contributed by atoms with Crippen LogP contribution in [-0.2, 0) is 16.3 Å². The second-order valence-electron chi connectivity index (χ2n) is 6.22. The number of hydrogen-bond acceptors (Lipinski definition) is 5. The van der Waals surface area contributed by atoms with E-state index >= 15 is 0 Å². The normalized spacial score (nSPS) is 14.2. The van der Waals surface area contributed by atoms with E-state index in [1.165, 1.54) is 0 Å². The number of aryl methyl sites for hydroxylation is 1.